The highest BCUT2D eigenvalue weighted by Gasteiger charge is 2.30. The highest BCUT2D eigenvalue weighted by atomic mass is 32.1. The molecule has 1 N–H and O–H groups in total. The highest BCUT2D eigenvalue weighted by Crippen LogP contribution is 2.31. The molecule has 0 aromatic carbocycles. The van der Waals surface area contributed by atoms with Crippen molar-refractivity contribution in [3.63, 3.8) is 0 Å². The molecule has 0 atom stereocenters. The Morgan fingerprint density at radius 2 is 2.32 bits per heavy atom. The predicted octanol–water partition coefficient (Wildman–Crippen LogP) is 2.51. The number of amides is 1. The van der Waals surface area contributed by atoms with E-state index in [0.717, 1.165) is 12.8 Å². The van der Waals surface area contributed by atoms with Crippen molar-refractivity contribution in [3.8, 4) is 11.3 Å². The first kappa shape index (κ1) is 13.3. The second kappa shape index (κ2) is 4.81. The third kappa shape index (κ3) is 2.05. The van der Waals surface area contributed by atoms with Crippen LogP contribution in [-0.2, 0) is 4.79 Å². The minimum Gasteiger partial charge on any atom is -0.464 e. The van der Waals surface area contributed by atoms with Crippen LogP contribution in [0.5, 0.6) is 0 Å². The molecule has 0 unspecified atom stereocenters. The Labute approximate surface area is 129 Å². The molecule has 0 saturated heterocycles. The van der Waals surface area contributed by atoms with Crippen LogP contribution in [-0.4, -0.2) is 15.6 Å². The number of rotatable bonds is 3. The second-order valence-corrected chi connectivity index (χ2v) is 6.21. The van der Waals surface area contributed by atoms with Gasteiger partial charge in [0.05, 0.1) is 11.6 Å². The fraction of sp³-hybridized carbons (Fsp3) is 0.267. The standard InChI is InChI=1S/C15H13N3O3S/c1-8-16-14-12(10(7-22-14)11-3-2-6-21-11)15(20)18(8)17-13(19)9-4-5-9/h2-3,6-7,9H,4-5H2,1H3,(H,17,19). The van der Waals surface area contributed by atoms with Gasteiger partial charge in [0.25, 0.3) is 5.56 Å². The fourth-order valence-corrected chi connectivity index (χ4v) is 3.35. The van der Waals surface area contributed by atoms with Gasteiger partial charge in [-0.1, -0.05) is 0 Å². The van der Waals surface area contributed by atoms with Gasteiger partial charge in [0.1, 0.15) is 16.4 Å². The SMILES string of the molecule is Cc1nc2scc(-c3ccco3)c2c(=O)n1NC(=O)C1CC1. The van der Waals surface area contributed by atoms with Crippen LogP contribution >= 0.6 is 11.3 Å². The number of nitrogens with zero attached hydrogens (tertiary/aromatic N) is 2. The van der Waals surface area contributed by atoms with Gasteiger partial charge in [0, 0.05) is 16.9 Å². The summed E-state index contributed by atoms with van der Waals surface area (Å²) < 4.78 is 6.62. The average molecular weight is 315 g/mol. The lowest BCUT2D eigenvalue weighted by atomic mass is 10.2. The predicted molar refractivity (Wildman–Crippen MR) is 83.4 cm³/mol. The van der Waals surface area contributed by atoms with Gasteiger partial charge in [-0.05, 0) is 31.9 Å². The summed E-state index contributed by atoms with van der Waals surface area (Å²) in [6.07, 6.45) is 3.32. The summed E-state index contributed by atoms with van der Waals surface area (Å²) in [6, 6.07) is 3.57. The Hall–Kier alpha value is -2.41. The lowest BCUT2D eigenvalue weighted by molar-refractivity contribution is -0.118. The maximum atomic E-state index is 12.8. The number of hydrogen-bond donors (Lipinski definition) is 1. The Balaban J connectivity index is 1.88. The first-order valence-electron chi connectivity index (χ1n) is 7.01. The first-order valence-corrected chi connectivity index (χ1v) is 7.88. The lowest BCUT2D eigenvalue weighted by Crippen LogP contribution is -2.36. The first-order chi connectivity index (χ1) is 10.6. The number of furan rings is 1. The van der Waals surface area contributed by atoms with Gasteiger partial charge in [0.15, 0.2) is 0 Å². The van der Waals surface area contributed by atoms with Gasteiger partial charge in [-0.25, -0.2) is 9.66 Å². The molecule has 0 aliphatic heterocycles. The van der Waals surface area contributed by atoms with E-state index in [1.54, 1.807) is 25.3 Å². The van der Waals surface area contributed by atoms with Crippen LogP contribution < -0.4 is 11.0 Å². The van der Waals surface area contributed by atoms with Crippen molar-refractivity contribution in [2.24, 2.45) is 5.92 Å². The molecule has 0 bridgehead atoms. The van der Waals surface area contributed by atoms with Crippen molar-refractivity contribution in [2.75, 3.05) is 5.43 Å². The molecule has 7 heteroatoms. The number of fused-ring (bicyclic) bond motifs is 1. The maximum Gasteiger partial charge on any atom is 0.281 e. The third-order valence-electron chi connectivity index (χ3n) is 3.73. The van der Waals surface area contributed by atoms with Crippen molar-refractivity contribution in [1.82, 2.24) is 9.66 Å². The molecule has 112 valence electrons. The minimum absolute atomic E-state index is 0.0222. The van der Waals surface area contributed by atoms with E-state index in [4.69, 9.17) is 4.42 Å². The number of aromatic nitrogens is 2. The molecular formula is C15H13N3O3S. The molecule has 22 heavy (non-hydrogen) atoms. The molecule has 0 radical (unpaired) electrons. The van der Waals surface area contributed by atoms with Gasteiger partial charge in [-0.2, -0.15) is 0 Å². The van der Waals surface area contributed by atoms with E-state index in [0.29, 0.717) is 27.4 Å². The van der Waals surface area contributed by atoms with Gasteiger partial charge in [-0.3, -0.25) is 15.0 Å². The van der Waals surface area contributed by atoms with Crippen LogP contribution in [0.1, 0.15) is 18.7 Å². The van der Waals surface area contributed by atoms with E-state index in [9.17, 15) is 9.59 Å². The lowest BCUT2D eigenvalue weighted by Gasteiger charge is -2.10. The Kier molecular flexibility index (Phi) is 2.90. The molecule has 3 aromatic heterocycles. The number of aryl methyl sites for hydroxylation is 1. The average Bonchev–Trinajstić information content (AvgIpc) is 3.05. The molecule has 1 saturated carbocycles. The number of carbonyl (C=O) groups excluding carboxylic acids is 1. The van der Waals surface area contributed by atoms with Crippen LogP contribution in [0.25, 0.3) is 21.5 Å². The molecule has 3 heterocycles. The molecule has 0 spiro atoms. The van der Waals surface area contributed by atoms with E-state index in [1.807, 2.05) is 5.38 Å². The topological polar surface area (TPSA) is 77.1 Å². The largest absolute Gasteiger partial charge is 0.464 e. The van der Waals surface area contributed by atoms with Crippen molar-refractivity contribution in [2.45, 2.75) is 19.8 Å². The van der Waals surface area contributed by atoms with E-state index in [-0.39, 0.29) is 17.4 Å². The second-order valence-electron chi connectivity index (χ2n) is 5.36. The third-order valence-corrected chi connectivity index (χ3v) is 4.60. The molecule has 1 aliphatic rings. The summed E-state index contributed by atoms with van der Waals surface area (Å²) in [5.74, 6) is 0.989. The number of hydrogen-bond acceptors (Lipinski definition) is 5. The number of nitrogens with one attached hydrogen (secondary N) is 1. The molecule has 4 rings (SSSR count). The van der Waals surface area contributed by atoms with Crippen molar-refractivity contribution >= 4 is 27.5 Å². The number of thiophene rings is 1. The van der Waals surface area contributed by atoms with Crippen molar-refractivity contribution in [3.05, 3.63) is 40.0 Å². The molecular weight excluding hydrogens is 302 g/mol. The fourth-order valence-electron chi connectivity index (χ4n) is 2.38. The molecule has 1 fully saturated rings. The van der Waals surface area contributed by atoms with Gasteiger partial charge >= 0.3 is 0 Å². The van der Waals surface area contributed by atoms with Crippen LogP contribution in [0.2, 0.25) is 0 Å². The highest BCUT2D eigenvalue weighted by molar-refractivity contribution is 7.17. The molecule has 1 aliphatic carbocycles. The van der Waals surface area contributed by atoms with Crippen molar-refractivity contribution < 1.29 is 9.21 Å². The summed E-state index contributed by atoms with van der Waals surface area (Å²) in [7, 11) is 0. The Bertz CT molecular complexity index is 920. The van der Waals surface area contributed by atoms with E-state index >= 15 is 0 Å². The maximum absolute atomic E-state index is 12.8. The monoisotopic (exact) mass is 315 g/mol. The summed E-state index contributed by atoms with van der Waals surface area (Å²) in [4.78, 5) is 29.8. The molecule has 6 nitrogen and oxygen atoms in total. The summed E-state index contributed by atoms with van der Waals surface area (Å²) in [6.45, 7) is 1.71. The van der Waals surface area contributed by atoms with Crippen LogP contribution in [0.15, 0.2) is 33.0 Å². The Morgan fingerprint density at radius 3 is 3.00 bits per heavy atom. The van der Waals surface area contributed by atoms with Crippen LogP contribution in [0.3, 0.4) is 0 Å². The molecule has 3 aromatic rings. The van der Waals surface area contributed by atoms with Crippen LogP contribution in [0, 0.1) is 12.8 Å². The quantitative estimate of drug-likeness (QED) is 0.805. The zero-order chi connectivity index (χ0) is 15.3. The van der Waals surface area contributed by atoms with Gasteiger partial charge in [-0.15, -0.1) is 11.3 Å². The van der Waals surface area contributed by atoms with E-state index < -0.39 is 0 Å². The molecule has 1 amide bonds. The van der Waals surface area contributed by atoms with E-state index in [2.05, 4.69) is 10.4 Å². The zero-order valence-electron chi connectivity index (χ0n) is 11.8. The normalized spacial score (nSPS) is 14.4. The van der Waals surface area contributed by atoms with Crippen LogP contribution in [0.4, 0.5) is 0 Å². The zero-order valence-corrected chi connectivity index (χ0v) is 12.6. The summed E-state index contributed by atoms with van der Waals surface area (Å²) >= 11 is 1.39. The van der Waals surface area contributed by atoms with E-state index in [1.165, 1.54) is 16.0 Å². The summed E-state index contributed by atoms with van der Waals surface area (Å²) in [5, 5.41) is 2.33. The van der Waals surface area contributed by atoms with Gasteiger partial charge in [0.2, 0.25) is 5.91 Å². The summed E-state index contributed by atoms with van der Waals surface area (Å²) in [5.41, 5.74) is 3.10. The number of carbonyl (C=O) groups is 1. The minimum atomic E-state index is -0.274. The van der Waals surface area contributed by atoms with Gasteiger partial charge < -0.3 is 4.42 Å². The Morgan fingerprint density at radius 1 is 1.50 bits per heavy atom. The smallest absolute Gasteiger partial charge is 0.281 e. The van der Waals surface area contributed by atoms with Crippen molar-refractivity contribution in [1.29, 1.82) is 0 Å².